The first kappa shape index (κ1) is 25.0. The van der Waals surface area contributed by atoms with E-state index >= 15 is 0 Å². The van der Waals surface area contributed by atoms with E-state index in [0.29, 0.717) is 44.2 Å². The summed E-state index contributed by atoms with van der Waals surface area (Å²) in [6.45, 7) is 1.80. The van der Waals surface area contributed by atoms with Crippen LogP contribution in [0, 0.1) is 0 Å². The zero-order valence-corrected chi connectivity index (χ0v) is 20.3. The van der Waals surface area contributed by atoms with Crippen LogP contribution < -0.4 is 9.47 Å². The van der Waals surface area contributed by atoms with Crippen LogP contribution in [0.25, 0.3) is 0 Å². The van der Waals surface area contributed by atoms with Crippen molar-refractivity contribution in [2.24, 2.45) is 0 Å². The van der Waals surface area contributed by atoms with Crippen LogP contribution >= 0.6 is 11.3 Å². The zero-order chi connectivity index (χ0) is 23.6. The number of hydrogen-bond donors (Lipinski definition) is 0. The van der Waals surface area contributed by atoms with Crippen LogP contribution in [-0.2, 0) is 25.5 Å². The van der Waals surface area contributed by atoms with Crippen LogP contribution in [0.5, 0.6) is 11.5 Å². The number of carbonyl (C=O) groups excluding carboxylic acids is 2. The van der Waals surface area contributed by atoms with Gasteiger partial charge in [0.1, 0.15) is 24.7 Å². The van der Waals surface area contributed by atoms with Gasteiger partial charge in [-0.15, -0.1) is 11.3 Å². The lowest BCUT2D eigenvalue weighted by molar-refractivity contribution is -0.144. The number of amides is 2. The maximum Gasteiger partial charge on any atom is 0.249 e. The molecule has 0 bridgehead atoms. The number of nitrogens with zero attached hydrogens (tertiary/aromatic N) is 2. The molecule has 2 heterocycles. The van der Waals surface area contributed by atoms with Crippen LogP contribution in [0.2, 0.25) is 0 Å². The molecular formula is C24H32N2O6S. The van der Waals surface area contributed by atoms with E-state index in [1.165, 1.54) is 12.0 Å². The number of methoxy groups -OCH3 is 3. The zero-order valence-electron chi connectivity index (χ0n) is 19.5. The third kappa shape index (κ3) is 6.69. The first-order valence-electron chi connectivity index (χ1n) is 11.0. The Hall–Kier alpha value is -2.62. The van der Waals surface area contributed by atoms with Gasteiger partial charge in [-0.25, -0.2) is 0 Å². The van der Waals surface area contributed by atoms with Crippen molar-refractivity contribution in [2.45, 2.75) is 18.9 Å². The number of fused-ring (bicyclic) bond motifs is 1. The van der Waals surface area contributed by atoms with E-state index in [-0.39, 0.29) is 31.0 Å². The molecule has 1 aromatic heterocycles. The van der Waals surface area contributed by atoms with Crippen LogP contribution in [0.4, 0.5) is 0 Å². The molecule has 33 heavy (non-hydrogen) atoms. The minimum absolute atomic E-state index is 0.00103. The van der Waals surface area contributed by atoms with E-state index in [1.807, 2.05) is 29.2 Å². The number of carbonyl (C=O) groups is 2. The molecule has 0 spiro atoms. The SMILES string of the molecule is COCCCN(CC(=O)N1CCc2sccc2C1COc1cccc(OC)c1)C(=O)COC. The molecule has 8 nitrogen and oxygen atoms in total. The smallest absolute Gasteiger partial charge is 0.249 e. The summed E-state index contributed by atoms with van der Waals surface area (Å²) in [5.74, 6) is 1.08. The second-order valence-electron chi connectivity index (χ2n) is 7.74. The minimum Gasteiger partial charge on any atom is -0.497 e. The van der Waals surface area contributed by atoms with Gasteiger partial charge >= 0.3 is 0 Å². The van der Waals surface area contributed by atoms with Gasteiger partial charge < -0.3 is 28.7 Å². The summed E-state index contributed by atoms with van der Waals surface area (Å²) in [6.07, 6.45) is 1.44. The topological polar surface area (TPSA) is 77.5 Å². The van der Waals surface area contributed by atoms with Crippen molar-refractivity contribution in [1.82, 2.24) is 9.80 Å². The standard InChI is InChI=1S/C24H32N2O6S/c1-29-12-5-10-25(24(28)17-30-2)15-23(27)26-11-8-22-20(9-13-33-22)21(26)16-32-19-7-4-6-18(14-19)31-3/h4,6-7,9,13-14,21H,5,8,10-12,15-17H2,1-3H3. The summed E-state index contributed by atoms with van der Waals surface area (Å²) in [5.41, 5.74) is 1.11. The second-order valence-corrected chi connectivity index (χ2v) is 8.74. The van der Waals surface area contributed by atoms with Gasteiger partial charge in [-0.2, -0.15) is 0 Å². The monoisotopic (exact) mass is 476 g/mol. The van der Waals surface area contributed by atoms with Gasteiger partial charge in [0.2, 0.25) is 11.8 Å². The minimum atomic E-state index is -0.225. The normalized spacial score (nSPS) is 15.1. The number of thiophene rings is 1. The lowest BCUT2D eigenvalue weighted by atomic mass is 10.0. The summed E-state index contributed by atoms with van der Waals surface area (Å²) in [5, 5.41) is 2.05. The quantitative estimate of drug-likeness (QED) is 0.439. The summed E-state index contributed by atoms with van der Waals surface area (Å²) in [6, 6.07) is 9.25. The van der Waals surface area contributed by atoms with Crippen molar-refractivity contribution >= 4 is 23.2 Å². The van der Waals surface area contributed by atoms with Crippen molar-refractivity contribution in [2.75, 3.05) is 60.8 Å². The first-order chi connectivity index (χ1) is 16.1. The van der Waals surface area contributed by atoms with E-state index in [4.69, 9.17) is 18.9 Å². The van der Waals surface area contributed by atoms with E-state index in [0.717, 1.165) is 12.0 Å². The summed E-state index contributed by atoms with van der Waals surface area (Å²) in [4.78, 5) is 30.6. The van der Waals surface area contributed by atoms with E-state index < -0.39 is 0 Å². The van der Waals surface area contributed by atoms with Crippen LogP contribution in [0.1, 0.15) is 22.9 Å². The summed E-state index contributed by atoms with van der Waals surface area (Å²) >= 11 is 1.70. The summed E-state index contributed by atoms with van der Waals surface area (Å²) in [7, 11) is 4.70. The van der Waals surface area contributed by atoms with Gasteiger partial charge in [-0.05, 0) is 42.0 Å². The highest BCUT2D eigenvalue weighted by Gasteiger charge is 2.33. The Labute approximate surface area is 199 Å². The fraction of sp³-hybridized carbons (Fsp3) is 0.500. The van der Waals surface area contributed by atoms with Crippen molar-refractivity contribution in [1.29, 1.82) is 0 Å². The van der Waals surface area contributed by atoms with E-state index in [1.54, 1.807) is 30.5 Å². The largest absolute Gasteiger partial charge is 0.497 e. The maximum atomic E-state index is 13.4. The Balaban J connectivity index is 1.73. The maximum absolute atomic E-state index is 13.4. The average molecular weight is 477 g/mol. The molecule has 0 aliphatic carbocycles. The highest BCUT2D eigenvalue weighted by molar-refractivity contribution is 7.10. The van der Waals surface area contributed by atoms with Gasteiger partial charge in [0.05, 0.1) is 19.7 Å². The lowest BCUT2D eigenvalue weighted by Gasteiger charge is -2.37. The highest BCUT2D eigenvalue weighted by Crippen LogP contribution is 2.34. The van der Waals surface area contributed by atoms with Crippen LogP contribution in [-0.4, -0.2) is 82.4 Å². The predicted octanol–water partition coefficient (Wildman–Crippen LogP) is 2.77. The van der Waals surface area contributed by atoms with E-state index in [9.17, 15) is 9.59 Å². The fourth-order valence-electron chi connectivity index (χ4n) is 3.90. The van der Waals surface area contributed by atoms with E-state index in [2.05, 4.69) is 11.4 Å². The van der Waals surface area contributed by atoms with Crippen molar-refractivity contribution in [3.8, 4) is 11.5 Å². The highest BCUT2D eigenvalue weighted by atomic mass is 32.1. The van der Waals surface area contributed by atoms with Crippen molar-refractivity contribution < 1.29 is 28.5 Å². The van der Waals surface area contributed by atoms with Gasteiger partial charge in [0.25, 0.3) is 0 Å². The van der Waals surface area contributed by atoms with Crippen molar-refractivity contribution in [3.05, 3.63) is 46.2 Å². The lowest BCUT2D eigenvalue weighted by Crippen LogP contribution is -2.48. The predicted molar refractivity (Wildman–Crippen MR) is 126 cm³/mol. The molecule has 1 aliphatic heterocycles. The molecule has 0 saturated heterocycles. The van der Waals surface area contributed by atoms with Crippen molar-refractivity contribution in [3.63, 3.8) is 0 Å². The number of ether oxygens (including phenoxy) is 4. The molecule has 0 N–H and O–H groups in total. The summed E-state index contributed by atoms with van der Waals surface area (Å²) < 4.78 is 21.5. The molecule has 1 atom stereocenters. The molecule has 0 radical (unpaired) electrons. The Morgan fingerprint density at radius 3 is 2.73 bits per heavy atom. The fourth-order valence-corrected chi connectivity index (χ4v) is 4.83. The van der Waals surface area contributed by atoms with Gasteiger partial charge in [-0.1, -0.05) is 6.07 Å². The molecule has 0 fully saturated rings. The molecule has 1 aliphatic rings. The van der Waals surface area contributed by atoms with Crippen LogP contribution in [0.3, 0.4) is 0 Å². The number of benzene rings is 1. The Morgan fingerprint density at radius 2 is 1.97 bits per heavy atom. The molecule has 0 saturated carbocycles. The average Bonchev–Trinajstić information content (AvgIpc) is 3.31. The van der Waals surface area contributed by atoms with Gasteiger partial charge in [-0.3, -0.25) is 9.59 Å². The van der Waals surface area contributed by atoms with Gasteiger partial charge in [0, 0.05) is 44.9 Å². The second kappa shape index (κ2) is 12.6. The Bertz CT molecular complexity index is 918. The number of hydrogen-bond acceptors (Lipinski definition) is 7. The third-order valence-electron chi connectivity index (χ3n) is 5.59. The Morgan fingerprint density at radius 1 is 1.15 bits per heavy atom. The molecule has 3 rings (SSSR count). The Kier molecular flexibility index (Phi) is 9.53. The molecular weight excluding hydrogens is 444 g/mol. The number of rotatable bonds is 12. The molecule has 1 aromatic carbocycles. The molecule has 9 heteroatoms. The first-order valence-corrected chi connectivity index (χ1v) is 11.8. The van der Waals surface area contributed by atoms with Gasteiger partial charge in [0.15, 0.2) is 0 Å². The third-order valence-corrected chi connectivity index (χ3v) is 6.58. The molecule has 2 amide bonds. The molecule has 2 aromatic rings. The molecule has 180 valence electrons. The van der Waals surface area contributed by atoms with Crippen LogP contribution in [0.15, 0.2) is 35.7 Å². The molecule has 1 unspecified atom stereocenters.